The number of nitrogens with zero attached hydrogens (tertiary/aromatic N) is 1. The Kier molecular flexibility index (Phi) is 4.90. The van der Waals surface area contributed by atoms with Gasteiger partial charge in [-0.15, -0.1) is 0 Å². The molecule has 1 saturated carbocycles. The van der Waals surface area contributed by atoms with E-state index in [0.29, 0.717) is 18.1 Å². The maximum Gasteiger partial charge on any atom is 0.335 e. The van der Waals surface area contributed by atoms with Gasteiger partial charge in [-0.1, -0.05) is 18.6 Å². The van der Waals surface area contributed by atoms with E-state index in [2.05, 4.69) is 0 Å². The van der Waals surface area contributed by atoms with Crippen molar-refractivity contribution in [2.24, 2.45) is 11.3 Å². The van der Waals surface area contributed by atoms with Gasteiger partial charge in [0.1, 0.15) is 0 Å². The Morgan fingerprint density at radius 2 is 2.00 bits per heavy atom. The number of ether oxygens (including phenoxy) is 1. The van der Waals surface area contributed by atoms with Crippen LogP contribution in [0.1, 0.15) is 41.6 Å². The van der Waals surface area contributed by atoms with Crippen molar-refractivity contribution in [1.82, 2.24) is 4.90 Å². The molecule has 0 radical (unpaired) electrons. The predicted molar refractivity (Wildman–Crippen MR) is 90.0 cm³/mol. The van der Waals surface area contributed by atoms with Gasteiger partial charge < -0.3 is 14.7 Å². The zero-order chi connectivity index (χ0) is 17.2. The fourth-order valence-corrected chi connectivity index (χ4v) is 3.94. The molecule has 1 aromatic carbocycles. The number of methoxy groups -OCH3 is 1. The minimum Gasteiger partial charge on any atom is -0.478 e. The van der Waals surface area contributed by atoms with Crippen LogP contribution in [-0.2, 0) is 16.0 Å². The average Bonchev–Trinajstić information content (AvgIpc) is 2.99. The molecule has 5 heteroatoms. The van der Waals surface area contributed by atoms with Gasteiger partial charge in [-0.3, -0.25) is 4.79 Å². The summed E-state index contributed by atoms with van der Waals surface area (Å²) in [6, 6.07) is 7.06. The first-order chi connectivity index (χ1) is 11.5. The number of carboxylic acid groups (broad SMARTS) is 1. The lowest BCUT2D eigenvalue weighted by atomic mass is 9.68. The number of aromatic carboxylic acids is 1. The van der Waals surface area contributed by atoms with Crippen LogP contribution in [0.3, 0.4) is 0 Å². The Bertz CT molecular complexity index is 606. The van der Waals surface area contributed by atoms with Crippen molar-refractivity contribution in [2.45, 2.75) is 32.1 Å². The summed E-state index contributed by atoms with van der Waals surface area (Å²) in [5, 5.41) is 8.95. The van der Waals surface area contributed by atoms with E-state index >= 15 is 0 Å². The van der Waals surface area contributed by atoms with Crippen LogP contribution in [0.4, 0.5) is 0 Å². The third-order valence-corrected chi connectivity index (χ3v) is 5.48. The SMILES string of the molecule is COCC1(C(=O)N2CCC(Cc3ccc(C(=O)O)cc3)C2)CCC1. The lowest BCUT2D eigenvalue weighted by molar-refractivity contribution is -0.151. The molecule has 0 bridgehead atoms. The molecule has 0 spiro atoms. The van der Waals surface area contributed by atoms with E-state index in [1.807, 2.05) is 17.0 Å². The Morgan fingerprint density at radius 1 is 1.29 bits per heavy atom. The third-order valence-electron chi connectivity index (χ3n) is 5.48. The number of carbonyl (C=O) groups excluding carboxylic acids is 1. The Labute approximate surface area is 142 Å². The normalized spacial score (nSPS) is 22.2. The molecule has 1 aromatic rings. The first-order valence-electron chi connectivity index (χ1n) is 8.65. The molecule has 1 saturated heterocycles. The summed E-state index contributed by atoms with van der Waals surface area (Å²) in [6.07, 6.45) is 4.90. The first kappa shape index (κ1) is 17.0. The predicted octanol–water partition coefficient (Wildman–Crippen LogP) is 2.59. The van der Waals surface area contributed by atoms with Gasteiger partial charge in [0.05, 0.1) is 17.6 Å². The van der Waals surface area contributed by atoms with Crippen LogP contribution in [0.2, 0.25) is 0 Å². The number of likely N-dealkylation sites (tertiary alicyclic amines) is 1. The number of carbonyl (C=O) groups is 2. The largest absolute Gasteiger partial charge is 0.478 e. The highest BCUT2D eigenvalue weighted by atomic mass is 16.5. The fraction of sp³-hybridized carbons (Fsp3) is 0.579. The maximum absolute atomic E-state index is 12.8. The van der Waals surface area contributed by atoms with Gasteiger partial charge in [0.2, 0.25) is 5.91 Å². The second-order valence-electron chi connectivity index (χ2n) is 7.18. The summed E-state index contributed by atoms with van der Waals surface area (Å²) < 4.78 is 5.29. The molecule has 1 N–H and O–H groups in total. The summed E-state index contributed by atoms with van der Waals surface area (Å²) >= 11 is 0. The van der Waals surface area contributed by atoms with Crippen LogP contribution >= 0.6 is 0 Å². The number of hydrogen-bond donors (Lipinski definition) is 1. The zero-order valence-electron chi connectivity index (χ0n) is 14.2. The zero-order valence-corrected chi connectivity index (χ0v) is 14.2. The van der Waals surface area contributed by atoms with Crippen LogP contribution in [0.5, 0.6) is 0 Å². The molecule has 1 amide bonds. The third kappa shape index (κ3) is 3.31. The monoisotopic (exact) mass is 331 g/mol. The number of carboxylic acids is 1. The molecule has 1 unspecified atom stereocenters. The van der Waals surface area contributed by atoms with Crippen LogP contribution < -0.4 is 0 Å². The fourth-order valence-electron chi connectivity index (χ4n) is 3.94. The van der Waals surface area contributed by atoms with Crippen molar-refractivity contribution in [3.63, 3.8) is 0 Å². The summed E-state index contributed by atoms with van der Waals surface area (Å²) in [5.41, 5.74) is 1.18. The summed E-state index contributed by atoms with van der Waals surface area (Å²) in [6.45, 7) is 2.15. The quantitative estimate of drug-likeness (QED) is 0.870. The molecule has 2 aliphatic rings. The van der Waals surface area contributed by atoms with Gasteiger partial charge in [0, 0.05) is 20.2 Å². The topological polar surface area (TPSA) is 66.8 Å². The number of benzene rings is 1. The molecule has 0 aromatic heterocycles. The van der Waals surface area contributed by atoms with Crippen LogP contribution in [0, 0.1) is 11.3 Å². The summed E-state index contributed by atoms with van der Waals surface area (Å²) in [5.74, 6) is -0.188. The molecule has 24 heavy (non-hydrogen) atoms. The lowest BCUT2D eigenvalue weighted by Crippen LogP contribution is -2.49. The van der Waals surface area contributed by atoms with Gasteiger partial charge in [0.25, 0.3) is 0 Å². The number of amides is 1. The molecule has 1 heterocycles. The smallest absolute Gasteiger partial charge is 0.335 e. The first-order valence-corrected chi connectivity index (χ1v) is 8.65. The second kappa shape index (κ2) is 6.93. The number of rotatable bonds is 6. The van der Waals surface area contributed by atoms with Gasteiger partial charge in [-0.2, -0.15) is 0 Å². The Morgan fingerprint density at radius 3 is 2.54 bits per heavy atom. The van der Waals surface area contributed by atoms with E-state index < -0.39 is 5.97 Å². The lowest BCUT2D eigenvalue weighted by Gasteiger charge is -2.42. The van der Waals surface area contributed by atoms with E-state index in [-0.39, 0.29) is 11.3 Å². The molecule has 1 aliphatic carbocycles. The van der Waals surface area contributed by atoms with E-state index in [9.17, 15) is 9.59 Å². The molecular weight excluding hydrogens is 306 g/mol. The minimum atomic E-state index is -0.900. The second-order valence-corrected chi connectivity index (χ2v) is 7.18. The molecular formula is C19H25NO4. The summed E-state index contributed by atoms with van der Waals surface area (Å²) in [7, 11) is 1.67. The molecule has 1 atom stereocenters. The van der Waals surface area contributed by atoms with E-state index in [1.165, 1.54) is 0 Å². The van der Waals surface area contributed by atoms with Crippen molar-refractivity contribution >= 4 is 11.9 Å². The molecule has 1 aliphatic heterocycles. The summed E-state index contributed by atoms with van der Waals surface area (Å²) in [4.78, 5) is 25.7. The van der Waals surface area contributed by atoms with Gasteiger partial charge in [0.15, 0.2) is 0 Å². The maximum atomic E-state index is 12.8. The minimum absolute atomic E-state index is 0.263. The standard InChI is InChI=1S/C19H25NO4/c1-24-13-19(8-2-9-19)18(23)20-10-7-15(12-20)11-14-3-5-16(6-4-14)17(21)22/h3-6,15H,2,7-13H2,1H3,(H,21,22). The molecule has 130 valence electrons. The highest BCUT2D eigenvalue weighted by Gasteiger charge is 2.47. The van der Waals surface area contributed by atoms with E-state index in [0.717, 1.165) is 50.8 Å². The Balaban J connectivity index is 1.57. The van der Waals surface area contributed by atoms with Crippen molar-refractivity contribution < 1.29 is 19.4 Å². The van der Waals surface area contributed by atoms with Crippen molar-refractivity contribution in [2.75, 3.05) is 26.8 Å². The van der Waals surface area contributed by atoms with Gasteiger partial charge >= 0.3 is 5.97 Å². The van der Waals surface area contributed by atoms with Gasteiger partial charge in [-0.05, 0) is 49.3 Å². The van der Waals surface area contributed by atoms with Crippen LogP contribution in [0.25, 0.3) is 0 Å². The Hall–Kier alpha value is -1.88. The van der Waals surface area contributed by atoms with Crippen LogP contribution in [-0.4, -0.2) is 48.7 Å². The highest BCUT2D eigenvalue weighted by molar-refractivity contribution is 5.87. The van der Waals surface area contributed by atoms with Gasteiger partial charge in [-0.25, -0.2) is 4.79 Å². The molecule has 5 nitrogen and oxygen atoms in total. The van der Waals surface area contributed by atoms with Crippen molar-refractivity contribution in [3.8, 4) is 0 Å². The van der Waals surface area contributed by atoms with Crippen molar-refractivity contribution in [1.29, 1.82) is 0 Å². The van der Waals surface area contributed by atoms with Crippen LogP contribution in [0.15, 0.2) is 24.3 Å². The molecule has 3 rings (SSSR count). The average molecular weight is 331 g/mol. The number of hydrogen-bond acceptors (Lipinski definition) is 3. The van der Waals surface area contributed by atoms with E-state index in [4.69, 9.17) is 9.84 Å². The molecule has 2 fully saturated rings. The highest BCUT2D eigenvalue weighted by Crippen LogP contribution is 2.43. The van der Waals surface area contributed by atoms with Crippen molar-refractivity contribution in [3.05, 3.63) is 35.4 Å². The van der Waals surface area contributed by atoms with E-state index in [1.54, 1.807) is 19.2 Å².